The lowest BCUT2D eigenvalue weighted by molar-refractivity contribution is -0.119. The van der Waals surface area contributed by atoms with Crippen LogP contribution in [0.3, 0.4) is 0 Å². The molecule has 0 radical (unpaired) electrons. The van der Waals surface area contributed by atoms with Crippen LogP contribution >= 0.6 is 0 Å². The van der Waals surface area contributed by atoms with Crippen molar-refractivity contribution in [1.82, 2.24) is 15.1 Å². The average molecular weight is 344 g/mol. The molecule has 1 heterocycles. The Bertz CT molecular complexity index is 755. The van der Waals surface area contributed by atoms with Gasteiger partial charge in [-0.25, -0.2) is 0 Å². The molecule has 1 aromatic heterocycles. The maximum Gasteiger partial charge on any atom is 0.255 e. The third-order valence-electron chi connectivity index (χ3n) is 3.70. The second-order valence-corrected chi connectivity index (χ2v) is 6.18. The van der Waals surface area contributed by atoms with E-state index in [0.717, 1.165) is 17.9 Å². The van der Waals surface area contributed by atoms with E-state index < -0.39 is 5.91 Å². The van der Waals surface area contributed by atoms with E-state index in [4.69, 9.17) is 10.5 Å². The number of hydrogen-bond acceptors (Lipinski definition) is 4. The van der Waals surface area contributed by atoms with Crippen molar-refractivity contribution in [3.8, 4) is 5.75 Å². The molecule has 3 N–H and O–H groups in total. The van der Waals surface area contributed by atoms with Crippen LogP contribution in [0.2, 0.25) is 0 Å². The van der Waals surface area contributed by atoms with Crippen LogP contribution in [-0.2, 0) is 11.3 Å². The molecule has 0 spiro atoms. The van der Waals surface area contributed by atoms with Crippen LogP contribution in [0, 0.1) is 19.8 Å². The summed E-state index contributed by atoms with van der Waals surface area (Å²) in [5.74, 6) is -0.292. The number of ether oxygens (including phenoxy) is 1. The first-order valence-electron chi connectivity index (χ1n) is 8.16. The average Bonchev–Trinajstić information content (AvgIpc) is 2.88. The number of para-hydroxylation sites is 1. The van der Waals surface area contributed by atoms with Crippen LogP contribution in [-0.4, -0.2) is 34.7 Å². The van der Waals surface area contributed by atoms with Gasteiger partial charge in [-0.15, -0.1) is 0 Å². The van der Waals surface area contributed by atoms with Gasteiger partial charge in [0.15, 0.2) is 6.61 Å². The van der Waals surface area contributed by atoms with E-state index in [1.165, 1.54) is 0 Å². The summed E-state index contributed by atoms with van der Waals surface area (Å²) in [6.07, 6.45) is 0. The molecule has 1 atom stereocenters. The van der Waals surface area contributed by atoms with Crippen molar-refractivity contribution in [1.29, 1.82) is 0 Å². The standard InChI is InChI=1S/C18H24N4O3/c1-12(10-22-14(3)8-13(2)21-22)9-20-18(24)15-6-4-5-7-16(15)25-11-17(19)23/h4-8,12H,9-11H2,1-3H3,(H2,19,23)(H,20,24)/t12-/m0/s1. The number of benzene rings is 1. The number of primary amides is 1. The lowest BCUT2D eigenvalue weighted by Gasteiger charge is -2.15. The van der Waals surface area contributed by atoms with E-state index in [1.54, 1.807) is 24.3 Å². The number of carbonyl (C=O) groups excluding carboxylic acids is 2. The summed E-state index contributed by atoms with van der Waals surface area (Å²) in [5, 5.41) is 7.33. The van der Waals surface area contributed by atoms with Crippen molar-refractivity contribution in [3.05, 3.63) is 47.3 Å². The van der Waals surface area contributed by atoms with Gasteiger partial charge in [0.05, 0.1) is 11.3 Å². The second kappa shape index (κ2) is 8.32. The number of nitrogens with one attached hydrogen (secondary N) is 1. The molecule has 0 aliphatic rings. The van der Waals surface area contributed by atoms with Gasteiger partial charge in [-0.05, 0) is 38.0 Å². The highest BCUT2D eigenvalue weighted by atomic mass is 16.5. The number of nitrogens with two attached hydrogens (primary N) is 1. The molecule has 25 heavy (non-hydrogen) atoms. The molecule has 2 amide bonds. The predicted molar refractivity (Wildman–Crippen MR) is 94.3 cm³/mol. The zero-order valence-corrected chi connectivity index (χ0v) is 14.8. The highest BCUT2D eigenvalue weighted by molar-refractivity contribution is 5.97. The monoisotopic (exact) mass is 344 g/mol. The fourth-order valence-electron chi connectivity index (χ4n) is 2.51. The first-order valence-corrected chi connectivity index (χ1v) is 8.16. The van der Waals surface area contributed by atoms with Gasteiger partial charge in [-0.1, -0.05) is 19.1 Å². The maximum atomic E-state index is 12.4. The van der Waals surface area contributed by atoms with Gasteiger partial charge in [0, 0.05) is 18.8 Å². The van der Waals surface area contributed by atoms with E-state index in [-0.39, 0.29) is 18.4 Å². The van der Waals surface area contributed by atoms with Gasteiger partial charge in [-0.2, -0.15) is 5.10 Å². The van der Waals surface area contributed by atoms with E-state index >= 15 is 0 Å². The Hall–Kier alpha value is -2.83. The molecule has 0 bridgehead atoms. The van der Waals surface area contributed by atoms with Crippen molar-refractivity contribution >= 4 is 11.8 Å². The Kier molecular flexibility index (Phi) is 6.16. The van der Waals surface area contributed by atoms with E-state index in [9.17, 15) is 9.59 Å². The number of amides is 2. The molecule has 0 saturated heterocycles. The Morgan fingerprint density at radius 2 is 2.04 bits per heavy atom. The molecular formula is C18H24N4O3. The molecule has 2 rings (SSSR count). The summed E-state index contributed by atoms with van der Waals surface area (Å²) < 4.78 is 7.23. The van der Waals surface area contributed by atoms with Gasteiger partial charge in [0.1, 0.15) is 5.75 Å². The molecule has 134 valence electrons. The SMILES string of the molecule is Cc1cc(C)n(C[C@@H](C)CNC(=O)c2ccccc2OCC(N)=O)n1. The largest absolute Gasteiger partial charge is 0.483 e. The molecule has 0 saturated carbocycles. The minimum atomic E-state index is -0.589. The minimum absolute atomic E-state index is 0.209. The molecule has 2 aromatic rings. The molecule has 7 heteroatoms. The number of nitrogens with zero attached hydrogens (tertiary/aromatic N) is 2. The molecule has 0 unspecified atom stereocenters. The van der Waals surface area contributed by atoms with Crippen LogP contribution in [0.4, 0.5) is 0 Å². The van der Waals surface area contributed by atoms with Crippen molar-refractivity contribution in [2.24, 2.45) is 11.7 Å². The van der Waals surface area contributed by atoms with Crippen LogP contribution in [0.1, 0.15) is 28.7 Å². The van der Waals surface area contributed by atoms with Crippen molar-refractivity contribution in [3.63, 3.8) is 0 Å². The molecular weight excluding hydrogens is 320 g/mol. The van der Waals surface area contributed by atoms with Crippen molar-refractivity contribution in [2.75, 3.05) is 13.2 Å². The van der Waals surface area contributed by atoms with Gasteiger partial charge >= 0.3 is 0 Å². The fourth-order valence-corrected chi connectivity index (χ4v) is 2.51. The van der Waals surface area contributed by atoms with E-state index in [0.29, 0.717) is 17.9 Å². The zero-order chi connectivity index (χ0) is 18.4. The first-order chi connectivity index (χ1) is 11.9. The quantitative estimate of drug-likeness (QED) is 0.757. The van der Waals surface area contributed by atoms with Gasteiger partial charge < -0.3 is 15.8 Å². The van der Waals surface area contributed by atoms with Gasteiger partial charge in [0.2, 0.25) is 0 Å². The van der Waals surface area contributed by atoms with Crippen molar-refractivity contribution < 1.29 is 14.3 Å². The Balaban J connectivity index is 1.93. The van der Waals surface area contributed by atoms with Crippen LogP contribution in [0.5, 0.6) is 5.75 Å². The normalized spacial score (nSPS) is 11.8. The second-order valence-electron chi connectivity index (χ2n) is 6.18. The van der Waals surface area contributed by atoms with Crippen LogP contribution in [0.25, 0.3) is 0 Å². The van der Waals surface area contributed by atoms with Gasteiger partial charge in [0.25, 0.3) is 11.8 Å². The molecule has 7 nitrogen and oxygen atoms in total. The summed E-state index contributed by atoms with van der Waals surface area (Å²) in [6, 6.07) is 8.79. The Morgan fingerprint density at radius 1 is 1.32 bits per heavy atom. The summed E-state index contributed by atoms with van der Waals surface area (Å²) >= 11 is 0. The summed E-state index contributed by atoms with van der Waals surface area (Å²) in [5.41, 5.74) is 7.54. The molecule has 0 fully saturated rings. The predicted octanol–water partition coefficient (Wildman–Crippen LogP) is 1.43. The van der Waals surface area contributed by atoms with E-state index in [1.807, 2.05) is 31.5 Å². The lowest BCUT2D eigenvalue weighted by atomic mass is 10.1. The third kappa shape index (κ3) is 5.34. The summed E-state index contributed by atoms with van der Waals surface area (Å²) in [7, 11) is 0. The minimum Gasteiger partial charge on any atom is -0.483 e. The molecule has 0 aliphatic heterocycles. The van der Waals surface area contributed by atoms with Gasteiger partial charge in [-0.3, -0.25) is 14.3 Å². The third-order valence-corrected chi connectivity index (χ3v) is 3.70. The maximum absolute atomic E-state index is 12.4. The smallest absolute Gasteiger partial charge is 0.255 e. The first kappa shape index (κ1) is 18.5. The molecule has 0 aliphatic carbocycles. The Morgan fingerprint density at radius 3 is 2.68 bits per heavy atom. The van der Waals surface area contributed by atoms with Crippen molar-refractivity contribution in [2.45, 2.75) is 27.3 Å². The van der Waals surface area contributed by atoms with E-state index in [2.05, 4.69) is 10.4 Å². The topological polar surface area (TPSA) is 99.2 Å². The fraction of sp³-hybridized carbons (Fsp3) is 0.389. The molecule has 1 aromatic carbocycles. The number of hydrogen-bond donors (Lipinski definition) is 2. The number of aryl methyl sites for hydroxylation is 2. The zero-order valence-electron chi connectivity index (χ0n) is 14.8. The summed E-state index contributed by atoms with van der Waals surface area (Å²) in [4.78, 5) is 23.3. The highest BCUT2D eigenvalue weighted by Crippen LogP contribution is 2.17. The highest BCUT2D eigenvalue weighted by Gasteiger charge is 2.14. The number of carbonyl (C=O) groups is 2. The number of rotatable bonds is 8. The Labute approximate surface area is 147 Å². The summed E-state index contributed by atoms with van der Waals surface area (Å²) in [6.45, 7) is 6.97. The van der Waals surface area contributed by atoms with Crippen LogP contribution in [0.15, 0.2) is 30.3 Å². The van der Waals surface area contributed by atoms with Crippen LogP contribution < -0.4 is 15.8 Å². The lowest BCUT2D eigenvalue weighted by Crippen LogP contribution is -2.31. The number of aromatic nitrogens is 2.